The molecule has 0 atom stereocenters. The van der Waals surface area contributed by atoms with Crippen molar-refractivity contribution in [1.82, 2.24) is 4.90 Å². The van der Waals surface area contributed by atoms with Crippen LogP contribution in [0.25, 0.3) is 0 Å². The molecule has 1 rings (SSSR count). The second-order valence-electron chi connectivity index (χ2n) is 4.27. The van der Waals surface area contributed by atoms with Gasteiger partial charge in [-0.3, -0.25) is 0 Å². The topological polar surface area (TPSA) is 24.5 Å². The van der Waals surface area contributed by atoms with E-state index in [2.05, 4.69) is 26.0 Å². The van der Waals surface area contributed by atoms with E-state index in [0.717, 1.165) is 13.0 Å². The highest BCUT2D eigenvalue weighted by Crippen LogP contribution is 2.32. The fraction of sp³-hybridized carbons (Fsp3) is 0.500. The van der Waals surface area contributed by atoms with E-state index in [0.29, 0.717) is 16.7 Å². The molecule has 0 radical (unpaired) electrons. The predicted molar refractivity (Wildman–Crippen MR) is 72.5 cm³/mol. The van der Waals surface area contributed by atoms with E-state index in [1.54, 1.807) is 12.1 Å². The molecular weight excluding hydrogens is 325 g/mol. The summed E-state index contributed by atoms with van der Waals surface area (Å²) in [5.74, 6) is -0.230. The lowest BCUT2D eigenvalue weighted by Crippen LogP contribution is -2.19. The van der Waals surface area contributed by atoms with Crippen molar-refractivity contribution in [3.8, 4) is 5.75 Å². The third-order valence-electron chi connectivity index (χ3n) is 2.27. The number of halogens is 4. The molecule has 0 saturated carbocycles. The number of anilines is 1. The van der Waals surface area contributed by atoms with E-state index in [4.69, 9.17) is 0 Å². The molecule has 0 aliphatic rings. The standard InChI is InChI=1S/C12H16BrF3N2O/c1-18(2)7-3-6-17-10-5-4-9(13)8-11(10)19-12(14,15)16/h4-5,8,17H,3,6-7H2,1-2H3. The average molecular weight is 341 g/mol. The van der Waals surface area contributed by atoms with E-state index in [1.165, 1.54) is 6.07 Å². The first-order valence-corrected chi connectivity index (χ1v) is 6.51. The SMILES string of the molecule is CN(C)CCCNc1ccc(Br)cc1OC(F)(F)F. The third kappa shape index (κ3) is 6.68. The van der Waals surface area contributed by atoms with E-state index in [1.807, 2.05) is 19.0 Å². The van der Waals surface area contributed by atoms with Crippen LogP contribution in [-0.4, -0.2) is 38.4 Å². The third-order valence-corrected chi connectivity index (χ3v) is 2.76. The van der Waals surface area contributed by atoms with Crippen molar-refractivity contribution in [3.63, 3.8) is 0 Å². The molecule has 0 heterocycles. The van der Waals surface area contributed by atoms with Gasteiger partial charge >= 0.3 is 6.36 Å². The minimum atomic E-state index is -4.69. The van der Waals surface area contributed by atoms with Crippen LogP contribution in [0.1, 0.15) is 6.42 Å². The van der Waals surface area contributed by atoms with E-state index >= 15 is 0 Å². The van der Waals surface area contributed by atoms with Crippen LogP contribution < -0.4 is 10.1 Å². The van der Waals surface area contributed by atoms with Crippen LogP contribution in [0.5, 0.6) is 5.75 Å². The summed E-state index contributed by atoms with van der Waals surface area (Å²) in [7, 11) is 3.88. The Balaban J connectivity index is 2.66. The molecule has 0 amide bonds. The van der Waals surface area contributed by atoms with Gasteiger partial charge in [-0.05, 0) is 45.3 Å². The van der Waals surface area contributed by atoms with Gasteiger partial charge in [-0.15, -0.1) is 13.2 Å². The number of hydrogen-bond acceptors (Lipinski definition) is 3. The lowest BCUT2D eigenvalue weighted by atomic mass is 10.3. The van der Waals surface area contributed by atoms with Gasteiger partial charge in [0.2, 0.25) is 0 Å². The van der Waals surface area contributed by atoms with Crippen molar-refractivity contribution in [1.29, 1.82) is 0 Å². The maximum atomic E-state index is 12.3. The highest BCUT2D eigenvalue weighted by Gasteiger charge is 2.32. The second-order valence-corrected chi connectivity index (χ2v) is 5.19. The van der Waals surface area contributed by atoms with Crippen LogP contribution in [0.15, 0.2) is 22.7 Å². The number of ether oxygens (including phenoxy) is 1. The van der Waals surface area contributed by atoms with Crippen molar-refractivity contribution in [2.45, 2.75) is 12.8 Å². The highest BCUT2D eigenvalue weighted by molar-refractivity contribution is 9.10. The zero-order chi connectivity index (χ0) is 14.5. The fourth-order valence-electron chi connectivity index (χ4n) is 1.47. The van der Waals surface area contributed by atoms with Gasteiger partial charge in [0, 0.05) is 11.0 Å². The smallest absolute Gasteiger partial charge is 0.404 e. The molecule has 1 aromatic rings. The molecular formula is C12H16BrF3N2O. The summed E-state index contributed by atoms with van der Waals surface area (Å²) in [4.78, 5) is 2.01. The van der Waals surface area contributed by atoms with Crippen LogP contribution in [-0.2, 0) is 0 Å². The number of nitrogens with zero attached hydrogens (tertiary/aromatic N) is 1. The molecule has 3 nitrogen and oxygen atoms in total. The first-order chi connectivity index (χ1) is 8.78. The number of hydrogen-bond donors (Lipinski definition) is 1. The summed E-state index contributed by atoms with van der Waals surface area (Å²) in [6, 6.07) is 4.51. The van der Waals surface area contributed by atoms with Crippen molar-refractivity contribution in [2.75, 3.05) is 32.5 Å². The van der Waals surface area contributed by atoms with Gasteiger partial charge in [0.25, 0.3) is 0 Å². The van der Waals surface area contributed by atoms with Crippen LogP contribution in [0.3, 0.4) is 0 Å². The molecule has 0 aliphatic carbocycles. The molecule has 0 saturated heterocycles. The minimum Gasteiger partial charge on any atom is -0.404 e. The lowest BCUT2D eigenvalue weighted by molar-refractivity contribution is -0.274. The molecule has 0 fully saturated rings. The summed E-state index contributed by atoms with van der Waals surface area (Å²) in [6.07, 6.45) is -3.87. The average Bonchev–Trinajstić information content (AvgIpc) is 2.24. The van der Waals surface area contributed by atoms with Gasteiger partial charge in [-0.2, -0.15) is 0 Å². The molecule has 0 spiro atoms. The Morgan fingerprint density at radius 3 is 2.58 bits per heavy atom. The first kappa shape index (κ1) is 16.1. The molecule has 0 unspecified atom stereocenters. The Morgan fingerprint density at radius 1 is 1.32 bits per heavy atom. The molecule has 0 aromatic heterocycles. The van der Waals surface area contributed by atoms with Crippen LogP contribution >= 0.6 is 15.9 Å². The largest absolute Gasteiger partial charge is 0.573 e. The molecule has 0 bridgehead atoms. The molecule has 108 valence electrons. The lowest BCUT2D eigenvalue weighted by Gasteiger charge is -2.15. The predicted octanol–water partition coefficient (Wildman–Crippen LogP) is 3.71. The van der Waals surface area contributed by atoms with Gasteiger partial charge in [0.05, 0.1) is 5.69 Å². The number of benzene rings is 1. The minimum absolute atomic E-state index is 0.230. The summed E-state index contributed by atoms with van der Waals surface area (Å²) < 4.78 is 41.3. The monoisotopic (exact) mass is 340 g/mol. The van der Waals surface area contributed by atoms with E-state index in [9.17, 15) is 13.2 Å². The van der Waals surface area contributed by atoms with Gasteiger partial charge in [0.15, 0.2) is 5.75 Å². The van der Waals surface area contributed by atoms with Crippen LogP contribution in [0.4, 0.5) is 18.9 Å². The van der Waals surface area contributed by atoms with Gasteiger partial charge < -0.3 is 15.0 Å². The fourth-order valence-corrected chi connectivity index (χ4v) is 1.81. The van der Waals surface area contributed by atoms with Crippen molar-refractivity contribution in [3.05, 3.63) is 22.7 Å². The summed E-state index contributed by atoms with van der Waals surface area (Å²) in [5, 5.41) is 2.95. The van der Waals surface area contributed by atoms with E-state index < -0.39 is 6.36 Å². The van der Waals surface area contributed by atoms with Crippen molar-refractivity contribution >= 4 is 21.6 Å². The highest BCUT2D eigenvalue weighted by atomic mass is 79.9. The molecule has 19 heavy (non-hydrogen) atoms. The Kier molecular flexibility index (Phi) is 5.93. The molecule has 7 heteroatoms. The summed E-state index contributed by atoms with van der Waals surface area (Å²) in [6.45, 7) is 1.44. The number of alkyl halides is 3. The quantitative estimate of drug-likeness (QED) is 0.799. The number of rotatable bonds is 6. The molecule has 1 aromatic carbocycles. The Hall–Kier alpha value is -0.950. The second kappa shape index (κ2) is 7.00. The summed E-state index contributed by atoms with van der Waals surface area (Å²) >= 11 is 3.12. The molecule has 1 N–H and O–H groups in total. The Bertz CT molecular complexity index is 410. The van der Waals surface area contributed by atoms with Crippen molar-refractivity contribution < 1.29 is 17.9 Å². The van der Waals surface area contributed by atoms with Crippen LogP contribution in [0, 0.1) is 0 Å². The molecule has 0 aliphatic heterocycles. The van der Waals surface area contributed by atoms with Crippen molar-refractivity contribution in [2.24, 2.45) is 0 Å². The summed E-state index contributed by atoms with van der Waals surface area (Å²) in [5.41, 5.74) is 0.333. The maximum Gasteiger partial charge on any atom is 0.573 e. The zero-order valence-corrected chi connectivity index (χ0v) is 12.3. The van der Waals surface area contributed by atoms with Crippen LogP contribution in [0.2, 0.25) is 0 Å². The number of nitrogens with one attached hydrogen (secondary N) is 1. The van der Waals surface area contributed by atoms with Gasteiger partial charge in [0.1, 0.15) is 0 Å². The maximum absolute atomic E-state index is 12.3. The van der Waals surface area contributed by atoms with Gasteiger partial charge in [-0.25, -0.2) is 0 Å². The van der Waals surface area contributed by atoms with Gasteiger partial charge in [-0.1, -0.05) is 15.9 Å². The Labute approximate surface area is 118 Å². The zero-order valence-electron chi connectivity index (χ0n) is 10.7. The first-order valence-electron chi connectivity index (χ1n) is 5.72. The Morgan fingerprint density at radius 2 is 2.00 bits per heavy atom. The normalized spacial score (nSPS) is 11.7. The van der Waals surface area contributed by atoms with E-state index in [-0.39, 0.29) is 5.75 Å².